The van der Waals surface area contributed by atoms with E-state index in [0.29, 0.717) is 5.82 Å². The van der Waals surface area contributed by atoms with Crippen LogP contribution >= 0.6 is 0 Å². The lowest BCUT2D eigenvalue weighted by Crippen LogP contribution is -2.19. The summed E-state index contributed by atoms with van der Waals surface area (Å²) in [6.07, 6.45) is 10.1. The zero-order valence-corrected chi connectivity index (χ0v) is 12.2. The van der Waals surface area contributed by atoms with Crippen molar-refractivity contribution in [2.24, 2.45) is 5.41 Å². The molecule has 4 heteroatoms. The van der Waals surface area contributed by atoms with E-state index < -0.39 is 0 Å². The molecule has 0 radical (unpaired) electrons. The Morgan fingerprint density at radius 1 is 1.37 bits per heavy atom. The molecule has 0 bridgehead atoms. The number of aromatic amines is 1. The van der Waals surface area contributed by atoms with Gasteiger partial charge in [-0.1, -0.05) is 31.6 Å². The molecule has 0 saturated carbocycles. The average Bonchev–Trinajstić information content (AvgIpc) is 2.80. The highest BCUT2D eigenvalue weighted by Crippen LogP contribution is 2.40. The van der Waals surface area contributed by atoms with Gasteiger partial charge in [0.25, 0.3) is 0 Å². The molecule has 1 aliphatic carbocycles. The molecule has 102 valence electrons. The standard InChI is InChI=1S/C15H22N4/c1-11(10-14-16-18-19-17-14)7-8-13-12(2)6-5-9-15(13,3)4/h7-8,10H,5-6,9H2,1-4H3,(H,16,17,18,19)/b8-7+,11-10+. The highest BCUT2D eigenvalue weighted by atomic mass is 15.5. The average molecular weight is 258 g/mol. The van der Waals surface area contributed by atoms with Crippen molar-refractivity contribution in [3.63, 3.8) is 0 Å². The second-order valence-corrected chi connectivity index (χ2v) is 5.92. The largest absolute Gasteiger partial charge is 0.197 e. The van der Waals surface area contributed by atoms with Crippen molar-refractivity contribution in [2.75, 3.05) is 0 Å². The van der Waals surface area contributed by atoms with E-state index in [4.69, 9.17) is 0 Å². The molecule has 1 N–H and O–H groups in total. The van der Waals surface area contributed by atoms with Crippen LogP contribution in [0, 0.1) is 5.41 Å². The lowest BCUT2D eigenvalue weighted by molar-refractivity contribution is 0.377. The third-order valence-corrected chi connectivity index (χ3v) is 3.77. The molecule has 0 spiro atoms. The number of nitrogens with one attached hydrogen (secondary N) is 1. The number of H-pyrrole nitrogens is 1. The SMILES string of the molecule is CC1=C(/C=C/C(C)=C/c2nn[nH]n2)C(C)(C)CCC1. The zero-order valence-electron chi connectivity index (χ0n) is 12.2. The first kappa shape index (κ1) is 13.7. The van der Waals surface area contributed by atoms with Crippen LogP contribution in [0.3, 0.4) is 0 Å². The fourth-order valence-electron chi connectivity index (χ4n) is 2.71. The summed E-state index contributed by atoms with van der Waals surface area (Å²) < 4.78 is 0. The van der Waals surface area contributed by atoms with Gasteiger partial charge in [-0.25, -0.2) is 0 Å². The Morgan fingerprint density at radius 3 is 2.79 bits per heavy atom. The van der Waals surface area contributed by atoms with Gasteiger partial charge in [-0.15, -0.1) is 10.2 Å². The van der Waals surface area contributed by atoms with E-state index in [2.05, 4.69) is 60.5 Å². The molecular formula is C15H22N4. The van der Waals surface area contributed by atoms with Crippen molar-refractivity contribution in [2.45, 2.75) is 47.0 Å². The Morgan fingerprint density at radius 2 is 2.16 bits per heavy atom. The van der Waals surface area contributed by atoms with Crippen LogP contribution in [0.1, 0.15) is 52.8 Å². The molecule has 0 saturated heterocycles. The first-order chi connectivity index (χ1) is 8.99. The van der Waals surface area contributed by atoms with Gasteiger partial charge in [0, 0.05) is 0 Å². The number of aromatic nitrogens is 4. The van der Waals surface area contributed by atoms with Crippen LogP contribution < -0.4 is 0 Å². The molecule has 0 fully saturated rings. The van der Waals surface area contributed by atoms with Gasteiger partial charge in [0.2, 0.25) is 0 Å². The lowest BCUT2D eigenvalue weighted by atomic mass is 9.72. The fourth-order valence-corrected chi connectivity index (χ4v) is 2.71. The smallest absolute Gasteiger partial charge is 0.177 e. The molecule has 0 atom stereocenters. The van der Waals surface area contributed by atoms with Crippen LogP contribution in [0.5, 0.6) is 0 Å². The van der Waals surface area contributed by atoms with E-state index in [1.54, 1.807) is 0 Å². The van der Waals surface area contributed by atoms with Crippen LogP contribution in [-0.4, -0.2) is 20.6 Å². The molecule has 4 nitrogen and oxygen atoms in total. The fraction of sp³-hybridized carbons (Fsp3) is 0.533. The maximum absolute atomic E-state index is 3.93. The van der Waals surface area contributed by atoms with Crippen molar-refractivity contribution in [3.8, 4) is 0 Å². The molecule has 1 aromatic rings. The summed E-state index contributed by atoms with van der Waals surface area (Å²) in [4.78, 5) is 0. The van der Waals surface area contributed by atoms with Crippen molar-refractivity contribution in [1.29, 1.82) is 0 Å². The van der Waals surface area contributed by atoms with Gasteiger partial charge >= 0.3 is 0 Å². The highest BCUT2D eigenvalue weighted by molar-refractivity contribution is 5.49. The van der Waals surface area contributed by atoms with Crippen LogP contribution in [0.25, 0.3) is 6.08 Å². The van der Waals surface area contributed by atoms with Crippen molar-refractivity contribution in [3.05, 3.63) is 34.7 Å². The van der Waals surface area contributed by atoms with E-state index in [-0.39, 0.29) is 5.41 Å². The van der Waals surface area contributed by atoms with Crippen LogP contribution in [0.15, 0.2) is 28.9 Å². The molecular weight excluding hydrogens is 236 g/mol. The second kappa shape index (κ2) is 5.51. The Hall–Kier alpha value is -1.71. The summed E-state index contributed by atoms with van der Waals surface area (Å²) in [6, 6.07) is 0. The first-order valence-corrected chi connectivity index (χ1v) is 6.79. The summed E-state index contributed by atoms with van der Waals surface area (Å²) >= 11 is 0. The number of allylic oxidation sites excluding steroid dienone is 5. The number of tetrazole rings is 1. The van der Waals surface area contributed by atoms with Crippen molar-refractivity contribution >= 4 is 6.08 Å². The minimum atomic E-state index is 0.283. The van der Waals surface area contributed by atoms with Gasteiger partial charge in [0.15, 0.2) is 5.82 Å². The summed E-state index contributed by atoms with van der Waals surface area (Å²) in [5.41, 5.74) is 4.40. The van der Waals surface area contributed by atoms with Crippen LogP contribution in [0.4, 0.5) is 0 Å². The number of hydrogen-bond donors (Lipinski definition) is 1. The van der Waals surface area contributed by atoms with Gasteiger partial charge in [0.05, 0.1) is 0 Å². The normalized spacial score (nSPS) is 20.3. The minimum Gasteiger partial charge on any atom is -0.177 e. The molecule has 2 rings (SSSR count). The van der Waals surface area contributed by atoms with Gasteiger partial charge < -0.3 is 0 Å². The topological polar surface area (TPSA) is 54.5 Å². The van der Waals surface area contributed by atoms with E-state index >= 15 is 0 Å². The van der Waals surface area contributed by atoms with Gasteiger partial charge in [-0.05, 0) is 61.0 Å². The van der Waals surface area contributed by atoms with Crippen molar-refractivity contribution < 1.29 is 0 Å². The molecule has 1 heterocycles. The molecule has 1 aliphatic rings. The Bertz CT molecular complexity index is 518. The van der Waals surface area contributed by atoms with E-state index in [1.807, 2.05) is 6.08 Å². The Labute approximate surface area is 114 Å². The van der Waals surface area contributed by atoms with E-state index in [1.165, 1.54) is 30.4 Å². The highest BCUT2D eigenvalue weighted by Gasteiger charge is 2.26. The molecule has 0 unspecified atom stereocenters. The molecule has 0 aliphatic heterocycles. The van der Waals surface area contributed by atoms with E-state index in [9.17, 15) is 0 Å². The maximum Gasteiger partial charge on any atom is 0.197 e. The summed E-state index contributed by atoms with van der Waals surface area (Å²) in [6.45, 7) is 8.96. The Balaban J connectivity index is 2.18. The number of hydrogen-bond acceptors (Lipinski definition) is 3. The predicted molar refractivity (Wildman–Crippen MR) is 77.3 cm³/mol. The Kier molecular flexibility index (Phi) is 3.98. The lowest BCUT2D eigenvalue weighted by Gasteiger charge is -2.32. The van der Waals surface area contributed by atoms with Crippen LogP contribution in [-0.2, 0) is 0 Å². The molecule has 0 amide bonds. The number of nitrogens with zero attached hydrogens (tertiary/aromatic N) is 3. The van der Waals surface area contributed by atoms with Gasteiger partial charge in [0.1, 0.15) is 0 Å². The first-order valence-electron chi connectivity index (χ1n) is 6.79. The maximum atomic E-state index is 3.93. The third kappa shape index (κ3) is 3.40. The van der Waals surface area contributed by atoms with Crippen LogP contribution in [0.2, 0.25) is 0 Å². The van der Waals surface area contributed by atoms with Gasteiger partial charge in [-0.2, -0.15) is 5.21 Å². The van der Waals surface area contributed by atoms with Gasteiger partial charge in [-0.3, -0.25) is 0 Å². The van der Waals surface area contributed by atoms with E-state index in [0.717, 1.165) is 5.57 Å². The molecule has 1 aromatic heterocycles. The molecule has 19 heavy (non-hydrogen) atoms. The van der Waals surface area contributed by atoms with Crippen molar-refractivity contribution in [1.82, 2.24) is 20.6 Å². The zero-order chi connectivity index (χ0) is 13.9. The molecule has 0 aromatic carbocycles. The minimum absolute atomic E-state index is 0.283. The quantitative estimate of drug-likeness (QED) is 0.841. The summed E-state index contributed by atoms with van der Waals surface area (Å²) in [7, 11) is 0. The number of rotatable bonds is 3. The second-order valence-electron chi connectivity index (χ2n) is 5.92. The summed E-state index contributed by atoms with van der Waals surface area (Å²) in [5.74, 6) is 0.621. The predicted octanol–water partition coefficient (Wildman–Crippen LogP) is 3.69. The monoisotopic (exact) mass is 258 g/mol. The third-order valence-electron chi connectivity index (χ3n) is 3.77. The summed E-state index contributed by atoms with van der Waals surface area (Å²) in [5, 5.41) is 13.8.